The Morgan fingerprint density at radius 1 is 1.47 bits per heavy atom. The Morgan fingerprint density at radius 2 is 2.21 bits per heavy atom. The van der Waals surface area contributed by atoms with Crippen LogP contribution >= 0.6 is 0 Å². The third-order valence-electron chi connectivity index (χ3n) is 3.62. The van der Waals surface area contributed by atoms with Gasteiger partial charge in [-0.1, -0.05) is 13.3 Å². The summed E-state index contributed by atoms with van der Waals surface area (Å²) in [6.45, 7) is 5.63. The van der Waals surface area contributed by atoms with E-state index in [4.69, 9.17) is 4.42 Å². The molecule has 0 aliphatic carbocycles. The maximum Gasteiger partial charge on any atom is 0.246 e. The Morgan fingerprint density at radius 3 is 2.79 bits per heavy atom. The van der Waals surface area contributed by atoms with E-state index in [0.717, 1.165) is 6.42 Å². The van der Waals surface area contributed by atoms with E-state index in [9.17, 15) is 9.59 Å². The molecule has 5 heteroatoms. The van der Waals surface area contributed by atoms with E-state index in [1.807, 2.05) is 19.9 Å². The molecule has 5 nitrogen and oxygen atoms in total. The summed E-state index contributed by atoms with van der Waals surface area (Å²) in [5.41, 5.74) is 0. The van der Waals surface area contributed by atoms with Crippen LogP contribution in [0.2, 0.25) is 0 Å². The van der Waals surface area contributed by atoms with Gasteiger partial charge in [-0.2, -0.15) is 0 Å². The van der Waals surface area contributed by atoms with Crippen LogP contribution in [-0.2, 0) is 9.59 Å². The molecule has 3 atom stereocenters. The van der Waals surface area contributed by atoms with Gasteiger partial charge in [-0.15, -0.1) is 0 Å². The van der Waals surface area contributed by atoms with Gasteiger partial charge >= 0.3 is 0 Å². The third kappa shape index (κ3) is 2.50. The van der Waals surface area contributed by atoms with E-state index in [1.54, 1.807) is 24.2 Å². The summed E-state index contributed by atoms with van der Waals surface area (Å²) in [5.74, 6) is 0.569. The van der Waals surface area contributed by atoms with Crippen LogP contribution in [0.4, 0.5) is 0 Å². The van der Waals surface area contributed by atoms with Crippen LogP contribution in [0.1, 0.15) is 45.4 Å². The zero-order chi connectivity index (χ0) is 14.0. The number of furan rings is 1. The average molecular weight is 264 g/mol. The Bertz CT molecular complexity index is 455. The Labute approximate surface area is 113 Å². The number of hydrogen-bond donors (Lipinski definition) is 1. The molecule has 1 fully saturated rings. The fourth-order valence-corrected chi connectivity index (χ4v) is 2.53. The number of nitrogens with zero attached hydrogens (tertiary/aromatic N) is 1. The average Bonchev–Trinajstić information content (AvgIpc) is 2.90. The van der Waals surface area contributed by atoms with Gasteiger partial charge in [-0.25, -0.2) is 0 Å². The molecule has 0 radical (unpaired) electrons. The first-order chi connectivity index (χ1) is 9.06. The number of rotatable bonds is 4. The molecule has 1 aromatic rings. The highest BCUT2D eigenvalue weighted by Crippen LogP contribution is 2.26. The molecule has 0 aromatic carbocycles. The van der Waals surface area contributed by atoms with Gasteiger partial charge in [0, 0.05) is 0 Å². The summed E-state index contributed by atoms with van der Waals surface area (Å²) in [7, 11) is 0. The van der Waals surface area contributed by atoms with Crippen LogP contribution in [0.15, 0.2) is 22.8 Å². The van der Waals surface area contributed by atoms with E-state index in [-0.39, 0.29) is 17.9 Å². The van der Waals surface area contributed by atoms with Gasteiger partial charge in [0.2, 0.25) is 11.8 Å². The van der Waals surface area contributed by atoms with E-state index in [0.29, 0.717) is 12.2 Å². The van der Waals surface area contributed by atoms with Crippen LogP contribution in [0.5, 0.6) is 0 Å². The number of amides is 2. The Balaban J connectivity index is 2.24. The van der Waals surface area contributed by atoms with E-state index >= 15 is 0 Å². The Hall–Kier alpha value is -1.78. The minimum atomic E-state index is -0.472. The first-order valence-electron chi connectivity index (χ1n) is 6.72. The molecule has 0 spiro atoms. The van der Waals surface area contributed by atoms with Crippen molar-refractivity contribution in [3.8, 4) is 0 Å². The standard InChI is InChI=1S/C14H20N2O3/c1-4-6-11-14(18)16(10(3)13(17)15-11)9(2)12-7-5-8-19-12/h5,7-11H,4,6H2,1-3H3,(H,15,17). The van der Waals surface area contributed by atoms with Gasteiger partial charge in [0.1, 0.15) is 17.8 Å². The van der Waals surface area contributed by atoms with Crippen LogP contribution in [0.3, 0.4) is 0 Å². The van der Waals surface area contributed by atoms with Crippen molar-refractivity contribution in [1.29, 1.82) is 0 Å². The Kier molecular flexibility index (Phi) is 3.93. The number of carbonyl (C=O) groups is 2. The molecule has 2 heterocycles. The van der Waals surface area contributed by atoms with Crippen molar-refractivity contribution in [3.05, 3.63) is 24.2 Å². The fraction of sp³-hybridized carbons (Fsp3) is 0.571. The predicted molar refractivity (Wildman–Crippen MR) is 70.3 cm³/mol. The molecule has 1 saturated heterocycles. The van der Waals surface area contributed by atoms with Crippen LogP contribution in [0.25, 0.3) is 0 Å². The fourth-order valence-electron chi connectivity index (χ4n) is 2.53. The van der Waals surface area contributed by atoms with Crippen LogP contribution < -0.4 is 5.32 Å². The van der Waals surface area contributed by atoms with Gasteiger partial charge in [-0.05, 0) is 32.4 Å². The van der Waals surface area contributed by atoms with Gasteiger partial charge in [0.25, 0.3) is 0 Å². The second-order valence-electron chi connectivity index (χ2n) is 4.96. The maximum absolute atomic E-state index is 12.5. The lowest BCUT2D eigenvalue weighted by atomic mass is 10.0. The summed E-state index contributed by atoms with van der Waals surface area (Å²) in [5, 5.41) is 2.79. The van der Waals surface area contributed by atoms with Crippen molar-refractivity contribution in [2.24, 2.45) is 0 Å². The summed E-state index contributed by atoms with van der Waals surface area (Å²) < 4.78 is 5.35. The molecule has 1 N–H and O–H groups in total. The van der Waals surface area contributed by atoms with Crippen molar-refractivity contribution in [1.82, 2.24) is 10.2 Å². The number of hydrogen-bond acceptors (Lipinski definition) is 3. The van der Waals surface area contributed by atoms with Crippen molar-refractivity contribution < 1.29 is 14.0 Å². The van der Waals surface area contributed by atoms with Crippen molar-refractivity contribution in [3.63, 3.8) is 0 Å². The summed E-state index contributed by atoms with van der Waals surface area (Å²) in [6.07, 6.45) is 3.10. The molecule has 2 amide bonds. The molecule has 1 aliphatic rings. The summed E-state index contributed by atoms with van der Waals surface area (Å²) in [6, 6.07) is 2.50. The topological polar surface area (TPSA) is 62.6 Å². The van der Waals surface area contributed by atoms with E-state index in [2.05, 4.69) is 5.32 Å². The molecular formula is C14H20N2O3. The number of nitrogens with one attached hydrogen (secondary N) is 1. The highest BCUT2D eigenvalue weighted by atomic mass is 16.3. The molecular weight excluding hydrogens is 244 g/mol. The molecule has 3 unspecified atom stereocenters. The molecule has 1 aromatic heterocycles. The summed E-state index contributed by atoms with van der Waals surface area (Å²) in [4.78, 5) is 26.1. The lowest BCUT2D eigenvalue weighted by Gasteiger charge is -2.40. The first-order valence-corrected chi connectivity index (χ1v) is 6.72. The lowest BCUT2D eigenvalue weighted by Crippen LogP contribution is -2.62. The van der Waals surface area contributed by atoms with Gasteiger partial charge in [0.05, 0.1) is 12.3 Å². The normalized spacial score (nSPS) is 25.3. The minimum Gasteiger partial charge on any atom is -0.467 e. The zero-order valence-corrected chi connectivity index (χ0v) is 11.6. The van der Waals surface area contributed by atoms with Gasteiger partial charge < -0.3 is 14.6 Å². The maximum atomic E-state index is 12.5. The second-order valence-corrected chi connectivity index (χ2v) is 4.96. The number of piperazine rings is 1. The third-order valence-corrected chi connectivity index (χ3v) is 3.62. The predicted octanol–water partition coefficient (Wildman–Crippen LogP) is 1.86. The second kappa shape index (κ2) is 5.47. The largest absolute Gasteiger partial charge is 0.467 e. The molecule has 1 aliphatic heterocycles. The first kappa shape index (κ1) is 13.6. The SMILES string of the molecule is CCCC1NC(=O)C(C)N(C(C)c2ccco2)C1=O. The molecule has 0 bridgehead atoms. The summed E-state index contributed by atoms with van der Waals surface area (Å²) >= 11 is 0. The lowest BCUT2D eigenvalue weighted by molar-refractivity contribution is -0.151. The monoisotopic (exact) mass is 264 g/mol. The molecule has 2 rings (SSSR count). The zero-order valence-electron chi connectivity index (χ0n) is 11.6. The highest BCUT2D eigenvalue weighted by Gasteiger charge is 2.40. The van der Waals surface area contributed by atoms with E-state index < -0.39 is 12.1 Å². The quantitative estimate of drug-likeness (QED) is 0.902. The van der Waals surface area contributed by atoms with E-state index in [1.165, 1.54) is 0 Å². The molecule has 19 heavy (non-hydrogen) atoms. The molecule has 104 valence electrons. The minimum absolute atomic E-state index is 0.0298. The van der Waals surface area contributed by atoms with Crippen LogP contribution in [0, 0.1) is 0 Å². The smallest absolute Gasteiger partial charge is 0.246 e. The number of carbonyl (C=O) groups excluding carboxylic acids is 2. The highest BCUT2D eigenvalue weighted by molar-refractivity contribution is 5.96. The van der Waals surface area contributed by atoms with Crippen LogP contribution in [-0.4, -0.2) is 28.8 Å². The van der Waals surface area contributed by atoms with Gasteiger partial charge in [-0.3, -0.25) is 9.59 Å². The van der Waals surface area contributed by atoms with Gasteiger partial charge in [0.15, 0.2) is 0 Å². The van der Waals surface area contributed by atoms with Crippen molar-refractivity contribution >= 4 is 11.8 Å². The van der Waals surface area contributed by atoms with Crippen molar-refractivity contribution in [2.45, 2.75) is 51.7 Å². The molecule has 0 saturated carbocycles. The van der Waals surface area contributed by atoms with Crippen molar-refractivity contribution in [2.75, 3.05) is 0 Å².